The molecule has 1 N–H and O–H groups in total. The molecule has 0 heterocycles. The summed E-state index contributed by atoms with van der Waals surface area (Å²) in [7, 11) is 0. The number of carbonyl (C=O) groups excluding carboxylic acids is 1. The van der Waals surface area contributed by atoms with E-state index in [4.69, 9.17) is 14.6 Å². The van der Waals surface area contributed by atoms with Crippen LogP contribution < -0.4 is 0 Å². The van der Waals surface area contributed by atoms with Crippen LogP contribution in [0.15, 0.2) is 0 Å². The minimum atomic E-state index is -0.588. The number of carboxylic acids is 1. The topological polar surface area (TPSA) is 72.8 Å². The maximum absolute atomic E-state index is 11.1. The summed E-state index contributed by atoms with van der Waals surface area (Å²) in [6.45, 7) is 2.32. The van der Waals surface area contributed by atoms with Crippen molar-refractivity contribution in [3.05, 3.63) is 0 Å². The summed E-state index contributed by atoms with van der Waals surface area (Å²) in [6, 6.07) is 0. The van der Waals surface area contributed by atoms with Gasteiger partial charge >= 0.3 is 5.97 Å². The Bertz CT molecular complexity index is 440. The Morgan fingerprint density at radius 2 is 1.30 bits per heavy atom. The molecule has 27 heavy (non-hydrogen) atoms. The summed E-state index contributed by atoms with van der Waals surface area (Å²) < 4.78 is 10.9. The summed E-state index contributed by atoms with van der Waals surface area (Å²) >= 11 is 0. The molecule has 0 saturated heterocycles. The van der Waals surface area contributed by atoms with E-state index in [0.717, 1.165) is 83.8 Å². The summed E-state index contributed by atoms with van der Waals surface area (Å²) in [5, 5.41) is 9.13. The van der Waals surface area contributed by atoms with Crippen LogP contribution in [0.2, 0.25) is 0 Å². The van der Waals surface area contributed by atoms with Crippen molar-refractivity contribution in [3.8, 4) is 0 Å². The average Bonchev–Trinajstić information content (AvgIpc) is 3.56. The number of unbranched alkanes of at least 4 members (excludes halogenated alkanes) is 8. The van der Waals surface area contributed by atoms with E-state index in [-0.39, 0.29) is 11.0 Å². The van der Waals surface area contributed by atoms with Crippen LogP contribution in [-0.2, 0) is 19.1 Å². The molecule has 0 aromatic heterocycles. The molecule has 0 atom stereocenters. The highest BCUT2D eigenvalue weighted by atomic mass is 16.5. The summed E-state index contributed by atoms with van der Waals surface area (Å²) in [5.41, 5.74) is -0.424. The number of ether oxygens (including phenoxy) is 2. The highest BCUT2D eigenvalue weighted by molar-refractivity contribution is 5.77. The number of hydrogen-bond acceptors (Lipinski definition) is 4. The van der Waals surface area contributed by atoms with Gasteiger partial charge in [0, 0.05) is 13.2 Å². The largest absolute Gasteiger partial charge is 0.481 e. The molecule has 0 aromatic rings. The van der Waals surface area contributed by atoms with Gasteiger partial charge in [0.05, 0.1) is 5.41 Å². The van der Waals surface area contributed by atoms with E-state index in [2.05, 4.69) is 0 Å². The van der Waals surface area contributed by atoms with E-state index >= 15 is 0 Å². The molecule has 5 nitrogen and oxygen atoms in total. The van der Waals surface area contributed by atoms with Crippen molar-refractivity contribution in [2.45, 2.75) is 108 Å². The molecule has 2 saturated carbocycles. The third-order valence-electron chi connectivity index (χ3n) is 6.28. The van der Waals surface area contributed by atoms with E-state index in [1.54, 1.807) is 0 Å². The summed E-state index contributed by atoms with van der Waals surface area (Å²) in [5.74, 6) is -0.588. The van der Waals surface area contributed by atoms with Gasteiger partial charge in [0.2, 0.25) is 0 Å². The van der Waals surface area contributed by atoms with Gasteiger partial charge in [-0.2, -0.15) is 0 Å². The standard InChI is InChI=1S/C22H38O5/c23-19-27-22(15-16-22)12-8-4-2-6-10-18-26-17-9-5-1-3-7-11-21(13-14-21)20(24)25/h19H,1-18H2,(H,24,25). The minimum absolute atomic E-state index is 0.0829. The second-order valence-corrected chi connectivity index (χ2v) is 8.63. The fourth-order valence-corrected chi connectivity index (χ4v) is 3.87. The quantitative estimate of drug-likeness (QED) is 0.244. The Hall–Kier alpha value is -1.10. The van der Waals surface area contributed by atoms with Crippen molar-refractivity contribution in [2.75, 3.05) is 13.2 Å². The molecule has 0 amide bonds. The molecule has 0 spiro atoms. The first-order valence-electron chi connectivity index (χ1n) is 11.1. The van der Waals surface area contributed by atoms with Crippen LogP contribution in [0, 0.1) is 5.41 Å². The van der Waals surface area contributed by atoms with Crippen molar-refractivity contribution in [3.63, 3.8) is 0 Å². The highest BCUT2D eigenvalue weighted by Gasteiger charge is 2.49. The average molecular weight is 383 g/mol. The molecule has 2 aliphatic rings. The Labute approximate surface area is 164 Å². The van der Waals surface area contributed by atoms with Crippen LogP contribution in [0.1, 0.15) is 103 Å². The molecule has 5 heteroatoms. The molecule has 2 rings (SSSR count). The highest BCUT2D eigenvalue weighted by Crippen LogP contribution is 2.50. The number of rotatable bonds is 19. The molecule has 0 aromatic carbocycles. The summed E-state index contributed by atoms with van der Waals surface area (Å²) in [6.07, 6.45) is 17.4. The van der Waals surface area contributed by atoms with Crippen molar-refractivity contribution >= 4 is 12.4 Å². The van der Waals surface area contributed by atoms with Gasteiger partial charge in [-0.3, -0.25) is 9.59 Å². The summed E-state index contributed by atoms with van der Waals surface area (Å²) in [4.78, 5) is 21.5. The maximum Gasteiger partial charge on any atom is 0.309 e. The molecule has 0 unspecified atom stereocenters. The Balaban J connectivity index is 1.25. The van der Waals surface area contributed by atoms with Gasteiger partial charge in [-0.15, -0.1) is 0 Å². The molecule has 2 aliphatic carbocycles. The van der Waals surface area contributed by atoms with Crippen molar-refractivity contribution in [1.29, 1.82) is 0 Å². The van der Waals surface area contributed by atoms with E-state index in [0.29, 0.717) is 6.47 Å². The van der Waals surface area contributed by atoms with Crippen LogP contribution in [0.3, 0.4) is 0 Å². The van der Waals surface area contributed by atoms with Crippen LogP contribution in [-0.4, -0.2) is 36.4 Å². The van der Waals surface area contributed by atoms with Gasteiger partial charge < -0.3 is 14.6 Å². The zero-order valence-electron chi connectivity index (χ0n) is 16.9. The molecular weight excluding hydrogens is 344 g/mol. The van der Waals surface area contributed by atoms with Crippen molar-refractivity contribution < 1.29 is 24.2 Å². The van der Waals surface area contributed by atoms with Crippen LogP contribution >= 0.6 is 0 Å². The van der Waals surface area contributed by atoms with Crippen molar-refractivity contribution in [2.24, 2.45) is 5.41 Å². The number of carbonyl (C=O) groups is 2. The van der Waals surface area contributed by atoms with Gasteiger partial charge in [0.15, 0.2) is 0 Å². The molecule has 0 radical (unpaired) electrons. The first-order chi connectivity index (χ1) is 13.1. The Morgan fingerprint density at radius 1 is 0.778 bits per heavy atom. The van der Waals surface area contributed by atoms with Gasteiger partial charge in [-0.05, 0) is 57.8 Å². The third kappa shape index (κ3) is 8.63. The maximum atomic E-state index is 11.1. The Kier molecular flexibility index (Phi) is 9.60. The smallest absolute Gasteiger partial charge is 0.309 e. The zero-order valence-corrected chi connectivity index (χ0v) is 16.9. The first-order valence-corrected chi connectivity index (χ1v) is 11.1. The van der Waals surface area contributed by atoms with E-state index in [1.807, 2.05) is 0 Å². The van der Waals surface area contributed by atoms with Crippen LogP contribution in [0.4, 0.5) is 0 Å². The lowest BCUT2D eigenvalue weighted by Crippen LogP contribution is -2.14. The van der Waals surface area contributed by atoms with Gasteiger partial charge in [-0.25, -0.2) is 0 Å². The monoisotopic (exact) mass is 382 g/mol. The van der Waals surface area contributed by atoms with Gasteiger partial charge in [-0.1, -0.05) is 44.9 Å². The van der Waals surface area contributed by atoms with E-state index in [1.165, 1.54) is 32.1 Å². The lowest BCUT2D eigenvalue weighted by molar-refractivity contribution is -0.143. The second kappa shape index (κ2) is 11.7. The molecular formula is C22H38O5. The SMILES string of the molecule is O=COC1(CCCCCCCOCCCCCCCC2(C(=O)O)CC2)CC1. The number of aliphatic carboxylic acids is 1. The normalized spacial score (nSPS) is 18.8. The fourth-order valence-electron chi connectivity index (χ4n) is 3.87. The molecule has 156 valence electrons. The Morgan fingerprint density at radius 3 is 1.78 bits per heavy atom. The van der Waals surface area contributed by atoms with Gasteiger partial charge in [0.25, 0.3) is 6.47 Å². The predicted molar refractivity (Wildman–Crippen MR) is 105 cm³/mol. The first kappa shape index (κ1) is 22.2. The minimum Gasteiger partial charge on any atom is -0.481 e. The molecule has 2 fully saturated rings. The number of carboxylic acid groups (broad SMARTS) is 1. The predicted octanol–water partition coefficient (Wildman–Crippen LogP) is 5.25. The second-order valence-electron chi connectivity index (χ2n) is 8.63. The lowest BCUT2D eigenvalue weighted by atomic mass is 9.98. The van der Waals surface area contributed by atoms with Crippen LogP contribution in [0.25, 0.3) is 0 Å². The lowest BCUT2D eigenvalue weighted by Gasteiger charge is -2.12. The van der Waals surface area contributed by atoms with Gasteiger partial charge in [0.1, 0.15) is 5.60 Å². The zero-order chi connectivity index (χ0) is 19.4. The van der Waals surface area contributed by atoms with Crippen molar-refractivity contribution in [1.82, 2.24) is 0 Å². The van der Waals surface area contributed by atoms with E-state index < -0.39 is 5.97 Å². The molecule has 0 bridgehead atoms. The third-order valence-corrected chi connectivity index (χ3v) is 6.28. The fraction of sp³-hybridized carbons (Fsp3) is 0.909. The van der Waals surface area contributed by atoms with Crippen LogP contribution in [0.5, 0.6) is 0 Å². The van der Waals surface area contributed by atoms with E-state index in [9.17, 15) is 9.59 Å². The number of hydrogen-bond donors (Lipinski definition) is 1. The molecule has 0 aliphatic heterocycles.